The molecule has 25 heavy (non-hydrogen) atoms. The van der Waals surface area contributed by atoms with E-state index in [9.17, 15) is 18.0 Å². The average molecular weight is 349 g/mol. The second-order valence-corrected chi connectivity index (χ2v) is 5.22. The van der Waals surface area contributed by atoms with E-state index in [0.29, 0.717) is 16.8 Å². The number of nitrogens with zero attached hydrogens (tertiary/aromatic N) is 2. The van der Waals surface area contributed by atoms with E-state index in [1.807, 2.05) is 6.07 Å². The third-order valence-electron chi connectivity index (χ3n) is 3.51. The van der Waals surface area contributed by atoms with Gasteiger partial charge < -0.3 is 10.1 Å². The van der Waals surface area contributed by atoms with E-state index >= 15 is 0 Å². The Labute approximate surface area is 141 Å². The van der Waals surface area contributed by atoms with Crippen LogP contribution in [0.3, 0.4) is 0 Å². The fourth-order valence-electron chi connectivity index (χ4n) is 2.28. The number of nitrogens with one attached hydrogen (secondary N) is 1. The van der Waals surface area contributed by atoms with Crippen molar-refractivity contribution < 1.29 is 22.7 Å². The molecule has 5 nitrogen and oxygen atoms in total. The van der Waals surface area contributed by atoms with Crippen molar-refractivity contribution in [3.05, 3.63) is 66.0 Å². The van der Waals surface area contributed by atoms with Crippen LogP contribution in [0.25, 0.3) is 5.52 Å². The zero-order chi connectivity index (χ0) is 17.9. The largest absolute Gasteiger partial charge is 0.492 e. The molecule has 0 fully saturated rings. The highest BCUT2D eigenvalue weighted by molar-refractivity contribution is 6.00. The van der Waals surface area contributed by atoms with Gasteiger partial charge in [-0.25, -0.2) is 4.52 Å². The van der Waals surface area contributed by atoms with Crippen LogP contribution in [0.4, 0.5) is 13.2 Å². The Hall–Kier alpha value is -3.03. The van der Waals surface area contributed by atoms with E-state index in [2.05, 4.69) is 10.4 Å². The zero-order valence-corrected chi connectivity index (χ0v) is 13.0. The average Bonchev–Trinajstić information content (AvgIpc) is 3.02. The standard InChI is InChI=1S/C17H14F3N3O2/c18-17(19,20)12-4-6-13(7-5-12)25-10-8-21-16(24)14-11-22-23-9-2-1-3-15(14)23/h1-7,9,11H,8,10H2,(H,21,24). The second-order valence-electron chi connectivity index (χ2n) is 5.22. The van der Waals surface area contributed by atoms with Gasteiger partial charge in [-0.15, -0.1) is 0 Å². The molecule has 0 radical (unpaired) electrons. The summed E-state index contributed by atoms with van der Waals surface area (Å²) in [7, 11) is 0. The first-order valence-corrected chi connectivity index (χ1v) is 7.46. The van der Waals surface area contributed by atoms with Crippen LogP contribution < -0.4 is 10.1 Å². The minimum atomic E-state index is -4.37. The summed E-state index contributed by atoms with van der Waals surface area (Å²) in [5, 5.41) is 6.76. The molecule has 2 aromatic heterocycles. The van der Waals surface area contributed by atoms with Gasteiger partial charge in [-0.1, -0.05) is 6.07 Å². The summed E-state index contributed by atoms with van der Waals surface area (Å²) < 4.78 is 44.3. The van der Waals surface area contributed by atoms with E-state index in [-0.39, 0.29) is 19.1 Å². The van der Waals surface area contributed by atoms with Crippen molar-refractivity contribution in [3.8, 4) is 5.75 Å². The second kappa shape index (κ2) is 6.84. The number of amides is 1. The van der Waals surface area contributed by atoms with Crippen molar-refractivity contribution in [1.29, 1.82) is 0 Å². The molecule has 3 rings (SSSR count). The van der Waals surface area contributed by atoms with E-state index in [1.54, 1.807) is 22.8 Å². The van der Waals surface area contributed by atoms with Crippen molar-refractivity contribution in [2.75, 3.05) is 13.2 Å². The lowest BCUT2D eigenvalue weighted by atomic mass is 10.2. The molecule has 1 amide bonds. The predicted molar refractivity (Wildman–Crippen MR) is 84.5 cm³/mol. The Bertz CT molecular complexity index is 873. The van der Waals surface area contributed by atoms with Gasteiger partial charge in [0.15, 0.2) is 0 Å². The van der Waals surface area contributed by atoms with Crippen LogP contribution in [0.2, 0.25) is 0 Å². The third-order valence-corrected chi connectivity index (χ3v) is 3.51. The molecule has 0 saturated carbocycles. The number of halogens is 3. The van der Waals surface area contributed by atoms with Crippen molar-refractivity contribution in [2.24, 2.45) is 0 Å². The van der Waals surface area contributed by atoms with Crippen LogP contribution in [0, 0.1) is 0 Å². The summed E-state index contributed by atoms with van der Waals surface area (Å²) in [4.78, 5) is 12.1. The summed E-state index contributed by atoms with van der Waals surface area (Å²) in [5.74, 6) is 0.00968. The number of carbonyl (C=O) groups is 1. The lowest BCUT2D eigenvalue weighted by molar-refractivity contribution is -0.137. The number of benzene rings is 1. The van der Waals surface area contributed by atoms with Gasteiger partial charge in [-0.05, 0) is 36.4 Å². The molecule has 0 spiro atoms. The van der Waals surface area contributed by atoms with Gasteiger partial charge in [-0.2, -0.15) is 18.3 Å². The monoisotopic (exact) mass is 349 g/mol. The number of alkyl halides is 3. The van der Waals surface area contributed by atoms with Gasteiger partial charge in [0.25, 0.3) is 5.91 Å². The molecule has 3 aromatic rings. The van der Waals surface area contributed by atoms with Crippen LogP contribution in [0.5, 0.6) is 5.75 Å². The lowest BCUT2D eigenvalue weighted by Gasteiger charge is -2.09. The van der Waals surface area contributed by atoms with Crippen LogP contribution >= 0.6 is 0 Å². The molecule has 1 N–H and O–H groups in total. The predicted octanol–water partition coefficient (Wildman–Crippen LogP) is 3.16. The number of hydrogen-bond donors (Lipinski definition) is 1. The number of aromatic nitrogens is 2. The topological polar surface area (TPSA) is 55.6 Å². The maximum atomic E-state index is 12.5. The molecule has 0 aliphatic heterocycles. The normalized spacial score (nSPS) is 11.5. The fourth-order valence-corrected chi connectivity index (χ4v) is 2.28. The Balaban J connectivity index is 1.51. The van der Waals surface area contributed by atoms with Crippen molar-refractivity contribution in [2.45, 2.75) is 6.18 Å². The van der Waals surface area contributed by atoms with Crippen molar-refractivity contribution in [1.82, 2.24) is 14.9 Å². The summed E-state index contributed by atoms with van der Waals surface area (Å²) in [5.41, 5.74) is 0.389. The van der Waals surface area contributed by atoms with Crippen LogP contribution in [0.1, 0.15) is 15.9 Å². The third kappa shape index (κ3) is 3.90. The van der Waals surface area contributed by atoms with Gasteiger partial charge in [0.05, 0.1) is 29.4 Å². The summed E-state index contributed by atoms with van der Waals surface area (Å²) >= 11 is 0. The Morgan fingerprint density at radius 2 is 1.92 bits per heavy atom. The van der Waals surface area contributed by atoms with Crippen LogP contribution in [0.15, 0.2) is 54.9 Å². The number of fused-ring (bicyclic) bond motifs is 1. The van der Waals surface area contributed by atoms with Crippen LogP contribution in [-0.2, 0) is 6.18 Å². The van der Waals surface area contributed by atoms with Crippen LogP contribution in [-0.4, -0.2) is 28.7 Å². The zero-order valence-electron chi connectivity index (χ0n) is 13.0. The van der Waals surface area contributed by atoms with Crippen molar-refractivity contribution in [3.63, 3.8) is 0 Å². The lowest BCUT2D eigenvalue weighted by Crippen LogP contribution is -2.28. The quantitative estimate of drug-likeness (QED) is 0.720. The Morgan fingerprint density at radius 1 is 1.16 bits per heavy atom. The van der Waals surface area contributed by atoms with E-state index < -0.39 is 11.7 Å². The minimum Gasteiger partial charge on any atom is -0.492 e. The fraction of sp³-hybridized carbons (Fsp3) is 0.176. The molecule has 0 aliphatic carbocycles. The first kappa shape index (κ1) is 16.8. The number of rotatable bonds is 5. The van der Waals surface area contributed by atoms with Gasteiger partial charge >= 0.3 is 6.18 Å². The SMILES string of the molecule is O=C(NCCOc1ccc(C(F)(F)F)cc1)c1cnn2ccccc12. The first-order chi connectivity index (χ1) is 11.9. The maximum Gasteiger partial charge on any atom is 0.416 e. The highest BCUT2D eigenvalue weighted by Crippen LogP contribution is 2.30. The molecule has 0 saturated heterocycles. The number of hydrogen-bond acceptors (Lipinski definition) is 3. The maximum absolute atomic E-state index is 12.5. The molecular weight excluding hydrogens is 335 g/mol. The molecule has 8 heteroatoms. The smallest absolute Gasteiger partial charge is 0.416 e. The highest BCUT2D eigenvalue weighted by atomic mass is 19.4. The first-order valence-electron chi connectivity index (χ1n) is 7.46. The molecule has 0 unspecified atom stereocenters. The van der Waals surface area contributed by atoms with Crippen molar-refractivity contribution >= 4 is 11.4 Å². The molecule has 0 bridgehead atoms. The van der Waals surface area contributed by atoms with E-state index in [1.165, 1.54) is 18.3 Å². The summed E-state index contributed by atoms with van der Waals surface area (Å²) in [6, 6.07) is 9.79. The van der Waals surface area contributed by atoms with Gasteiger partial charge in [0.1, 0.15) is 12.4 Å². The van der Waals surface area contributed by atoms with Gasteiger partial charge in [-0.3, -0.25) is 4.79 Å². The van der Waals surface area contributed by atoms with E-state index in [0.717, 1.165) is 12.1 Å². The highest BCUT2D eigenvalue weighted by Gasteiger charge is 2.29. The summed E-state index contributed by atoms with van der Waals surface area (Å²) in [6.45, 7) is 0.348. The van der Waals surface area contributed by atoms with E-state index in [4.69, 9.17) is 4.74 Å². The Morgan fingerprint density at radius 3 is 2.64 bits per heavy atom. The molecule has 2 heterocycles. The number of carbonyl (C=O) groups excluding carboxylic acids is 1. The Kier molecular flexibility index (Phi) is 4.60. The number of pyridine rings is 1. The summed E-state index contributed by atoms with van der Waals surface area (Å²) in [6.07, 6.45) is -1.16. The molecule has 0 aliphatic rings. The molecular formula is C17H14F3N3O2. The molecule has 1 aromatic carbocycles. The molecule has 0 atom stereocenters. The number of ether oxygens (including phenoxy) is 1. The molecule has 130 valence electrons. The minimum absolute atomic E-state index is 0.135. The van der Waals surface area contributed by atoms with Gasteiger partial charge in [0.2, 0.25) is 0 Å². The van der Waals surface area contributed by atoms with Gasteiger partial charge in [0, 0.05) is 6.20 Å².